The molecule has 2 rings (SSSR count). The first-order valence-electron chi connectivity index (χ1n) is 5.10. The Hall–Kier alpha value is -0.430. The van der Waals surface area contributed by atoms with E-state index in [1.807, 2.05) is 19.1 Å². The highest BCUT2D eigenvalue weighted by molar-refractivity contribution is 9.10. The van der Waals surface area contributed by atoms with Crippen molar-refractivity contribution in [3.05, 3.63) is 39.8 Å². The molecule has 0 amide bonds. The third-order valence-electron chi connectivity index (χ3n) is 2.24. The molecule has 1 aromatic carbocycles. The topological polar surface area (TPSA) is 51.8 Å². The molecule has 0 radical (unpaired) electrons. The number of thioether (sulfide) groups is 1. The van der Waals surface area contributed by atoms with Gasteiger partial charge in [-0.3, -0.25) is 0 Å². The van der Waals surface area contributed by atoms with Crippen LogP contribution in [0.5, 0.6) is 0 Å². The van der Waals surface area contributed by atoms with Crippen LogP contribution in [0.3, 0.4) is 0 Å². The Bertz CT molecular complexity index is 456. The van der Waals surface area contributed by atoms with Gasteiger partial charge in [-0.25, -0.2) is 0 Å². The largest absolute Gasteiger partial charge is 0.327 e. The number of benzene rings is 1. The molecular weight excluding hydrogens is 318 g/mol. The van der Waals surface area contributed by atoms with Gasteiger partial charge in [0.1, 0.15) is 5.51 Å². The molecule has 6 heteroatoms. The summed E-state index contributed by atoms with van der Waals surface area (Å²) in [7, 11) is 0. The average molecular weight is 330 g/mol. The van der Waals surface area contributed by atoms with Crippen LogP contribution in [0, 0.1) is 0 Å². The molecule has 0 spiro atoms. The van der Waals surface area contributed by atoms with Gasteiger partial charge in [-0.1, -0.05) is 51.2 Å². The predicted octanol–water partition coefficient (Wildman–Crippen LogP) is 3.48. The lowest BCUT2D eigenvalue weighted by molar-refractivity contribution is 0.720. The van der Waals surface area contributed by atoms with Gasteiger partial charge < -0.3 is 5.73 Å². The van der Waals surface area contributed by atoms with E-state index in [0.29, 0.717) is 0 Å². The van der Waals surface area contributed by atoms with Crippen molar-refractivity contribution in [2.24, 2.45) is 5.73 Å². The maximum absolute atomic E-state index is 6.05. The van der Waals surface area contributed by atoms with Crippen molar-refractivity contribution in [2.75, 3.05) is 0 Å². The minimum atomic E-state index is 0.0603. The Labute approximate surface area is 117 Å². The van der Waals surface area contributed by atoms with E-state index in [0.717, 1.165) is 8.81 Å². The molecule has 0 aliphatic carbocycles. The van der Waals surface area contributed by atoms with E-state index in [9.17, 15) is 0 Å². The molecule has 1 heterocycles. The number of nitrogens with zero attached hydrogens (tertiary/aromatic N) is 2. The van der Waals surface area contributed by atoms with Crippen molar-refractivity contribution in [1.82, 2.24) is 10.2 Å². The lowest BCUT2D eigenvalue weighted by Crippen LogP contribution is -2.22. The van der Waals surface area contributed by atoms with E-state index in [1.54, 1.807) is 28.6 Å². The molecule has 0 aliphatic heterocycles. The molecule has 0 saturated heterocycles. The van der Waals surface area contributed by atoms with E-state index < -0.39 is 0 Å². The third kappa shape index (κ3) is 3.51. The summed E-state index contributed by atoms with van der Waals surface area (Å²) in [5.41, 5.74) is 9.00. The Morgan fingerprint density at radius 1 is 1.35 bits per heavy atom. The van der Waals surface area contributed by atoms with Crippen molar-refractivity contribution in [2.45, 2.75) is 22.6 Å². The summed E-state index contributed by atoms with van der Waals surface area (Å²) < 4.78 is 2.03. The van der Waals surface area contributed by atoms with Crippen LogP contribution >= 0.6 is 39.0 Å². The number of nitrogens with two attached hydrogens (primary N) is 1. The van der Waals surface area contributed by atoms with Gasteiger partial charge in [0.15, 0.2) is 4.34 Å². The molecule has 17 heavy (non-hydrogen) atoms. The summed E-state index contributed by atoms with van der Waals surface area (Å²) in [6, 6.07) is 8.31. The fourth-order valence-electron chi connectivity index (χ4n) is 1.45. The number of hydrogen-bond donors (Lipinski definition) is 1. The van der Waals surface area contributed by atoms with E-state index in [2.05, 4.69) is 38.3 Å². The fourth-order valence-corrected chi connectivity index (χ4v) is 3.48. The Morgan fingerprint density at radius 2 is 2.06 bits per heavy atom. The van der Waals surface area contributed by atoms with E-state index in [-0.39, 0.29) is 11.3 Å². The summed E-state index contributed by atoms with van der Waals surface area (Å²) in [5, 5.41) is 8.09. The van der Waals surface area contributed by atoms with Crippen molar-refractivity contribution >= 4 is 39.0 Å². The predicted molar refractivity (Wildman–Crippen MR) is 76.3 cm³/mol. The van der Waals surface area contributed by atoms with Gasteiger partial charge in [-0.05, 0) is 24.6 Å². The lowest BCUT2D eigenvalue weighted by atomic mass is 10.1. The molecule has 2 aromatic rings. The second-order valence-electron chi connectivity index (χ2n) is 3.65. The molecule has 3 nitrogen and oxygen atoms in total. The lowest BCUT2D eigenvalue weighted by Gasteiger charge is -2.19. The van der Waals surface area contributed by atoms with Gasteiger partial charge in [0, 0.05) is 10.5 Å². The molecule has 2 unspecified atom stereocenters. The molecule has 2 N–H and O–H groups in total. The van der Waals surface area contributed by atoms with Crippen LogP contribution in [0.1, 0.15) is 17.7 Å². The van der Waals surface area contributed by atoms with Crippen molar-refractivity contribution in [3.8, 4) is 0 Å². The number of rotatable bonds is 4. The van der Waals surface area contributed by atoms with Crippen molar-refractivity contribution < 1.29 is 0 Å². The van der Waals surface area contributed by atoms with E-state index in [1.165, 1.54) is 5.56 Å². The second-order valence-corrected chi connectivity index (χ2v) is 6.79. The highest BCUT2D eigenvalue weighted by Gasteiger charge is 2.19. The maximum atomic E-state index is 6.05. The fraction of sp³-hybridized carbons (Fsp3) is 0.273. The van der Waals surface area contributed by atoms with Crippen LogP contribution in [0.25, 0.3) is 0 Å². The zero-order chi connectivity index (χ0) is 12.3. The van der Waals surface area contributed by atoms with Crippen LogP contribution in [-0.4, -0.2) is 16.2 Å². The van der Waals surface area contributed by atoms with Crippen molar-refractivity contribution in [3.63, 3.8) is 0 Å². The maximum Gasteiger partial charge on any atom is 0.174 e. The Balaban J connectivity index is 2.20. The van der Waals surface area contributed by atoms with Crippen LogP contribution < -0.4 is 5.73 Å². The van der Waals surface area contributed by atoms with Gasteiger partial charge in [-0.2, -0.15) is 0 Å². The molecule has 2 atom stereocenters. The first-order valence-corrected chi connectivity index (χ1v) is 7.66. The zero-order valence-electron chi connectivity index (χ0n) is 9.21. The highest BCUT2D eigenvalue weighted by atomic mass is 79.9. The first kappa shape index (κ1) is 13.0. The molecule has 0 aliphatic rings. The van der Waals surface area contributed by atoms with Gasteiger partial charge in [0.25, 0.3) is 0 Å². The van der Waals surface area contributed by atoms with Crippen LogP contribution in [-0.2, 0) is 0 Å². The van der Waals surface area contributed by atoms with E-state index >= 15 is 0 Å². The van der Waals surface area contributed by atoms with Crippen molar-refractivity contribution in [1.29, 1.82) is 0 Å². The average Bonchev–Trinajstić information content (AvgIpc) is 2.80. The summed E-state index contributed by atoms with van der Waals surface area (Å²) in [6.45, 7) is 2.01. The summed E-state index contributed by atoms with van der Waals surface area (Å²) in [4.78, 5) is 0. The highest BCUT2D eigenvalue weighted by Crippen LogP contribution is 2.37. The monoisotopic (exact) mass is 329 g/mol. The molecular formula is C11H12BrN3S2. The third-order valence-corrected chi connectivity index (χ3v) is 5.07. The van der Waals surface area contributed by atoms with Gasteiger partial charge >= 0.3 is 0 Å². The molecule has 0 bridgehead atoms. The zero-order valence-corrected chi connectivity index (χ0v) is 12.4. The molecule has 0 fully saturated rings. The van der Waals surface area contributed by atoms with Gasteiger partial charge in [0.05, 0.1) is 5.25 Å². The smallest absolute Gasteiger partial charge is 0.174 e. The number of aromatic nitrogens is 2. The molecule has 0 saturated carbocycles. The summed E-state index contributed by atoms with van der Waals surface area (Å²) >= 11 is 6.64. The Kier molecular flexibility index (Phi) is 4.55. The van der Waals surface area contributed by atoms with Crippen LogP contribution in [0.4, 0.5) is 0 Å². The minimum absolute atomic E-state index is 0.0603. The Morgan fingerprint density at radius 3 is 2.59 bits per heavy atom. The normalized spacial score (nSPS) is 14.5. The standard InChI is InChI=1S/C11H12BrN3S2/c1-7(13)10(17-11-15-14-6-16-11)8-2-4-9(12)5-3-8/h2-7,10H,13H2,1H3. The summed E-state index contributed by atoms with van der Waals surface area (Å²) in [5.74, 6) is 0. The van der Waals surface area contributed by atoms with Gasteiger partial charge in [-0.15, -0.1) is 10.2 Å². The summed E-state index contributed by atoms with van der Waals surface area (Å²) in [6.07, 6.45) is 0. The number of halogens is 1. The van der Waals surface area contributed by atoms with Crippen LogP contribution in [0.2, 0.25) is 0 Å². The first-order chi connectivity index (χ1) is 8.16. The number of hydrogen-bond acceptors (Lipinski definition) is 5. The minimum Gasteiger partial charge on any atom is -0.327 e. The van der Waals surface area contributed by atoms with E-state index in [4.69, 9.17) is 5.73 Å². The second kappa shape index (κ2) is 5.95. The molecule has 1 aromatic heterocycles. The molecule has 90 valence electrons. The van der Waals surface area contributed by atoms with Crippen LogP contribution in [0.15, 0.2) is 38.6 Å². The SMILES string of the molecule is CC(N)C(Sc1nncs1)c1ccc(Br)cc1. The quantitative estimate of drug-likeness (QED) is 0.872. The van der Waals surface area contributed by atoms with Gasteiger partial charge in [0.2, 0.25) is 0 Å².